The molecule has 1 rings (SSSR count). The van der Waals surface area contributed by atoms with Crippen molar-refractivity contribution in [2.24, 2.45) is 0 Å². The summed E-state index contributed by atoms with van der Waals surface area (Å²) in [7, 11) is 0. The summed E-state index contributed by atoms with van der Waals surface area (Å²) in [5.74, 6) is 0.0547. The molecule has 1 aromatic carbocycles. The number of hydrogen-bond acceptors (Lipinski definition) is 1. The molecule has 2 nitrogen and oxygen atoms in total. The van der Waals surface area contributed by atoms with Crippen LogP contribution in [0.5, 0.6) is 0 Å². The van der Waals surface area contributed by atoms with E-state index in [-0.39, 0.29) is 5.91 Å². The molecule has 0 spiro atoms. The van der Waals surface area contributed by atoms with Crippen LogP contribution in [0.1, 0.15) is 66.2 Å². The molecule has 1 N–H and O–H groups in total. The van der Waals surface area contributed by atoms with E-state index in [2.05, 4.69) is 50.4 Å². The molecule has 0 unspecified atom stereocenters. The Kier molecular flexibility index (Phi) is 9.92. The number of para-hydroxylation sites is 1. The maximum absolute atomic E-state index is 11.6. The first-order chi connectivity index (χ1) is 11.1. The van der Waals surface area contributed by atoms with Crippen molar-refractivity contribution in [2.45, 2.75) is 79.5 Å². The first-order valence-electron chi connectivity index (χ1n) is 9.46. The summed E-state index contributed by atoms with van der Waals surface area (Å²) in [6.45, 7) is 8.53. The van der Waals surface area contributed by atoms with Crippen molar-refractivity contribution in [3.8, 4) is 0 Å². The number of hydrogen-bond donors (Lipinski definition) is 1. The quantitative estimate of drug-likeness (QED) is 0.454. The first-order valence-corrected chi connectivity index (χ1v) is 16.9. The number of carbonyl (C=O) groups is 1. The third kappa shape index (κ3) is 6.48. The van der Waals surface area contributed by atoms with E-state index in [1.54, 1.807) is 10.5 Å². The Morgan fingerprint density at radius 1 is 0.913 bits per heavy atom. The second kappa shape index (κ2) is 11.1. The summed E-state index contributed by atoms with van der Waals surface area (Å²) >= 11 is -2.47. The molecule has 0 saturated heterocycles. The predicted octanol–water partition coefficient (Wildman–Crippen LogP) is 5.70. The van der Waals surface area contributed by atoms with Crippen molar-refractivity contribution in [2.75, 3.05) is 5.32 Å². The van der Waals surface area contributed by atoms with E-state index in [0.29, 0.717) is 0 Å². The number of amides is 1. The summed E-state index contributed by atoms with van der Waals surface area (Å²) in [4.78, 5) is 11.6. The first kappa shape index (κ1) is 20.5. The Morgan fingerprint density at radius 3 is 1.83 bits per heavy atom. The Labute approximate surface area is 147 Å². The monoisotopic (exact) mass is 425 g/mol. The van der Waals surface area contributed by atoms with Gasteiger partial charge in [-0.1, -0.05) is 0 Å². The van der Waals surface area contributed by atoms with Crippen molar-refractivity contribution in [1.82, 2.24) is 0 Å². The molecule has 0 bridgehead atoms. The second-order valence-electron chi connectivity index (χ2n) is 6.82. The van der Waals surface area contributed by atoms with Crippen molar-refractivity contribution in [3.63, 3.8) is 0 Å². The van der Waals surface area contributed by atoms with Gasteiger partial charge in [0.2, 0.25) is 0 Å². The van der Waals surface area contributed by atoms with Gasteiger partial charge in [-0.15, -0.1) is 0 Å². The van der Waals surface area contributed by atoms with E-state index in [9.17, 15) is 4.79 Å². The number of rotatable bonds is 11. The third-order valence-electron chi connectivity index (χ3n) is 4.84. The molecule has 0 aliphatic heterocycles. The van der Waals surface area contributed by atoms with Gasteiger partial charge in [0.25, 0.3) is 0 Å². The molecule has 0 aliphatic carbocycles. The van der Waals surface area contributed by atoms with E-state index in [1.807, 2.05) is 0 Å². The van der Waals surface area contributed by atoms with Crippen LogP contribution in [0.15, 0.2) is 24.3 Å². The summed E-state index contributed by atoms with van der Waals surface area (Å²) in [6, 6.07) is 8.69. The fourth-order valence-corrected chi connectivity index (χ4v) is 20.2. The molecule has 0 fully saturated rings. The molecular weight excluding hydrogens is 389 g/mol. The molecule has 0 aromatic heterocycles. The van der Waals surface area contributed by atoms with Gasteiger partial charge in [0, 0.05) is 0 Å². The number of unbranched alkanes of at least 4 members (excludes halogenated alkanes) is 3. The Morgan fingerprint density at radius 2 is 1.39 bits per heavy atom. The van der Waals surface area contributed by atoms with E-state index in [0.717, 1.165) is 5.69 Å². The van der Waals surface area contributed by atoms with Gasteiger partial charge >= 0.3 is 147 Å². The van der Waals surface area contributed by atoms with E-state index >= 15 is 0 Å². The summed E-state index contributed by atoms with van der Waals surface area (Å²) in [6.07, 6.45) is 7.87. The Bertz CT molecular complexity index is 451. The molecule has 0 atom stereocenters. The van der Waals surface area contributed by atoms with Gasteiger partial charge in [-0.25, -0.2) is 0 Å². The molecule has 0 saturated carbocycles. The Balaban J connectivity index is 3.25. The predicted molar refractivity (Wildman–Crippen MR) is 105 cm³/mol. The van der Waals surface area contributed by atoms with Crippen molar-refractivity contribution >= 4 is 33.6 Å². The summed E-state index contributed by atoms with van der Waals surface area (Å²) in [5, 5.41) is 3.12. The zero-order valence-corrected chi connectivity index (χ0v) is 18.4. The topological polar surface area (TPSA) is 29.1 Å². The second-order valence-corrected chi connectivity index (χ2v) is 19.9. The molecule has 0 aliphatic rings. The van der Waals surface area contributed by atoms with Gasteiger partial charge in [0.1, 0.15) is 0 Å². The van der Waals surface area contributed by atoms with E-state index in [1.165, 1.54) is 51.8 Å². The van der Waals surface area contributed by atoms with E-state index in [4.69, 9.17) is 0 Å². The standard InChI is InChI=1S/C8H8NO.3C4H9.Sn/c1-7(10)9-8-5-3-2-4-6-8;3*1-3-4-2;/h2-5H,1H3,(H,9,10);3*1,3-4H2,2H3;. The van der Waals surface area contributed by atoms with Crippen LogP contribution in [0.2, 0.25) is 13.3 Å². The van der Waals surface area contributed by atoms with Gasteiger partial charge < -0.3 is 0 Å². The van der Waals surface area contributed by atoms with Crippen LogP contribution in [0, 0.1) is 0 Å². The molecule has 130 valence electrons. The van der Waals surface area contributed by atoms with Crippen molar-refractivity contribution in [3.05, 3.63) is 24.3 Å². The zero-order chi connectivity index (χ0) is 17.1. The molecule has 1 amide bonds. The normalized spacial score (nSPS) is 11.5. The number of anilines is 1. The Hall–Kier alpha value is -0.511. The molecule has 3 heteroatoms. The van der Waals surface area contributed by atoms with Crippen LogP contribution < -0.4 is 8.90 Å². The minimum atomic E-state index is -2.47. The van der Waals surface area contributed by atoms with Gasteiger partial charge in [-0.05, 0) is 0 Å². The average molecular weight is 424 g/mol. The van der Waals surface area contributed by atoms with E-state index < -0.39 is 18.4 Å². The van der Waals surface area contributed by atoms with Gasteiger partial charge in [-0.2, -0.15) is 0 Å². The molecule has 0 heterocycles. The van der Waals surface area contributed by atoms with Crippen LogP contribution in [-0.4, -0.2) is 24.3 Å². The number of carbonyl (C=O) groups excluding carboxylic acids is 1. The third-order valence-corrected chi connectivity index (χ3v) is 20.6. The van der Waals surface area contributed by atoms with Crippen molar-refractivity contribution in [1.29, 1.82) is 0 Å². The van der Waals surface area contributed by atoms with Gasteiger partial charge in [0.05, 0.1) is 0 Å². The van der Waals surface area contributed by atoms with Crippen LogP contribution in [0.4, 0.5) is 5.69 Å². The fraction of sp³-hybridized carbons (Fsp3) is 0.650. The molecule has 1 aromatic rings. The van der Waals surface area contributed by atoms with Crippen LogP contribution in [0.3, 0.4) is 0 Å². The maximum atomic E-state index is 11.6. The van der Waals surface area contributed by atoms with Gasteiger partial charge in [0.15, 0.2) is 0 Å². The zero-order valence-electron chi connectivity index (χ0n) is 15.6. The fourth-order valence-electron chi connectivity index (χ4n) is 3.57. The van der Waals surface area contributed by atoms with Crippen LogP contribution in [0.25, 0.3) is 0 Å². The van der Waals surface area contributed by atoms with Gasteiger partial charge in [-0.3, -0.25) is 0 Å². The van der Waals surface area contributed by atoms with Crippen molar-refractivity contribution < 1.29 is 4.79 Å². The summed E-state index contributed by atoms with van der Waals surface area (Å²) in [5.41, 5.74) is 1.11. The summed E-state index contributed by atoms with van der Waals surface area (Å²) < 4.78 is 5.86. The SMILES string of the molecule is CCC[CH2][Sn]([CH2]CCC)([CH2]CCC)[c]1ccccc1NC(C)=O. The number of benzene rings is 1. The minimum absolute atomic E-state index is 0.0547. The molecular formula is C20H35NOSn. The molecule has 0 radical (unpaired) electrons. The molecule has 23 heavy (non-hydrogen) atoms. The van der Waals surface area contributed by atoms with Crippen LogP contribution in [-0.2, 0) is 4.79 Å². The number of nitrogens with one attached hydrogen (secondary N) is 1. The average Bonchev–Trinajstić information content (AvgIpc) is 2.55. The van der Waals surface area contributed by atoms with Crippen LogP contribution >= 0.6 is 0 Å².